The van der Waals surface area contributed by atoms with Crippen LogP contribution < -0.4 is 9.96 Å². The zero-order valence-electron chi connectivity index (χ0n) is 15.8. The van der Waals surface area contributed by atoms with Crippen LogP contribution in [0.25, 0.3) is 0 Å². The molecule has 0 aromatic heterocycles. The Kier molecular flexibility index (Phi) is 3.95. The Labute approximate surface area is 164 Å². The van der Waals surface area contributed by atoms with Gasteiger partial charge in [0.15, 0.2) is 5.60 Å². The zero-order valence-corrected chi connectivity index (χ0v) is 15.8. The minimum Gasteiger partial charge on any atom is -0.306 e. The molecule has 140 valence electrons. The number of hydroxylamine groups is 1. The number of para-hydroxylation sites is 1. The van der Waals surface area contributed by atoms with Crippen LogP contribution in [0.15, 0.2) is 84.9 Å². The maximum absolute atomic E-state index is 13.2. The predicted molar refractivity (Wildman–Crippen MR) is 110 cm³/mol. The molecule has 5 rings (SSSR count). The van der Waals surface area contributed by atoms with Crippen LogP contribution in [0, 0.1) is 6.92 Å². The highest BCUT2D eigenvalue weighted by Gasteiger charge is 2.61. The van der Waals surface area contributed by atoms with Gasteiger partial charge in [0.1, 0.15) is 0 Å². The Hall–Kier alpha value is -3.11. The Balaban J connectivity index is 1.46. The highest BCUT2D eigenvalue weighted by Crippen LogP contribution is 2.48. The van der Waals surface area contributed by atoms with Gasteiger partial charge in [-0.2, -0.15) is 0 Å². The molecule has 0 N–H and O–H groups in total. The molecule has 2 saturated heterocycles. The number of β-lactam (4-membered cyclic amide) rings is 1. The van der Waals surface area contributed by atoms with Gasteiger partial charge in [-0.3, -0.25) is 9.63 Å². The third-order valence-corrected chi connectivity index (χ3v) is 5.67. The van der Waals surface area contributed by atoms with Crippen LogP contribution in [0.4, 0.5) is 11.4 Å². The van der Waals surface area contributed by atoms with Crippen molar-refractivity contribution in [3.8, 4) is 0 Å². The first-order valence-electron chi connectivity index (χ1n) is 9.63. The van der Waals surface area contributed by atoms with Crippen LogP contribution in [0.1, 0.15) is 23.6 Å². The number of carbonyl (C=O) groups excluding carboxylic acids is 1. The van der Waals surface area contributed by atoms with E-state index < -0.39 is 5.60 Å². The Morgan fingerprint density at radius 3 is 2.14 bits per heavy atom. The fourth-order valence-corrected chi connectivity index (χ4v) is 4.12. The third kappa shape index (κ3) is 2.69. The highest BCUT2D eigenvalue weighted by atomic mass is 16.7. The molecule has 0 aliphatic carbocycles. The molecule has 2 atom stereocenters. The molecule has 0 radical (unpaired) electrons. The van der Waals surface area contributed by atoms with Gasteiger partial charge in [-0.15, -0.1) is 0 Å². The van der Waals surface area contributed by atoms with Crippen molar-refractivity contribution in [2.45, 2.75) is 25.0 Å². The van der Waals surface area contributed by atoms with Crippen molar-refractivity contribution >= 4 is 17.3 Å². The van der Waals surface area contributed by atoms with E-state index in [-0.39, 0.29) is 11.9 Å². The number of amides is 1. The predicted octanol–water partition coefficient (Wildman–Crippen LogP) is 4.66. The second-order valence-corrected chi connectivity index (χ2v) is 7.60. The summed E-state index contributed by atoms with van der Waals surface area (Å²) in [5, 5.41) is 1.92. The summed E-state index contributed by atoms with van der Waals surface area (Å²) >= 11 is 0. The number of carbonyl (C=O) groups is 1. The van der Waals surface area contributed by atoms with E-state index in [0.717, 1.165) is 16.9 Å². The maximum atomic E-state index is 13.2. The summed E-state index contributed by atoms with van der Waals surface area (Å²) in [6.45, 7) is 2.62. The van der Waals surface area contributed by atoms with Crippen molar-refractivity contribution < 1.29 is 9.63 Å². The molecule has 2 unspecified atom stereocenters. The number of nitrogens with zero attached hydrogens (tertiary/aromatic N) is 2. The van der Waals surface area contributed by atoms with Crippen LogP contribution >= 0.6 is 0 Å². The van der Waals surface area contributed by atoms with Crippen molar-refractivity contribution in [2.24, 2.45) is 0 Å². The van der Waals surface area contributed by atoms with E-state index in [1.165, 1.54) is 5.56 Å². The minimum absolute atomic E-state index is 0.00715. The van der Waals surface area contributed by atoms with E-state index >= 15 is 0 Å². The molecule has 0 saturated carbocycles. The molecule has 2 heterocycles. The van der Waals surface area contributed by atoms with Gasteiger partial charge >= 0.3 is 0 Å². The van der Waals surface area contributed by atoms with Crippen molar-refractivity contribution in [1.82, 2.24) is 0 Å². The van der Waals surface area contributed by atoms with E-state index in [2.05, 4.69) is 12.1 Å². The van der Waals surface area contributed by atoms with Gasteiger partial charge in [0.25, 0.3) is 5.91 Å². The normalized spacial score (nSPS) is 23.9. The number of benzene rings is 3. The lowest BCUT2D eigenvalue weighted by Gasteiger charge is -2.45. The van der Waals surface area contributed by atoms with Crippen LogP contribution in [0.5, 0.6) is 0 Å². The summed E-state index contributed by atoms with van der Waals surface area (Å²) in [7, 11) is 0. The summed E-state index contributed by atoms with van der Waals surface area (Å²) in [4.78, 5) is 21.4. The van der Waals surface area contributed by atoms with Crippen LogP contribution in [0.2, 0.25) is 0 Å². The average molecular weight is 370 g/mol. The number of rotatable bonds is 3. The smallest absolute Gasteiger partial charge is 0.264 e. The molecule has 1 amide bonds. The van der Waals surface area contributed by atoms with Crippen LogP contribution in [0.3, 0.4) is 0 Å². The van der Waals surface area contributed by atoms with Gasteiger partial charge in [0.2, 0.25) is 0 Å². The Bertz CT molecular complexity index is 939. The fraction of sp³-hybridized carbons (Fsp3) is 0.208. The van der Waals surface area contributed by atoms with Gasteiger partial charge < -0.3 is 4.90 Å². The van der Waals surface area contributed by atoms with E-state index in [1.807, 2.05) is 89.7 Å². The van der Waals surface area contributed by atoms with E-state index in [1.54, 1.807) is 0 Å². The first-order chi connectivity index (χ1) is 13.7. The first-order valence-corrected chi connectivity index (χ1v) is 9.63. The first kappa shape index (κ1) is 17.0. The summed E-state index contributed by atoms with van der Waals surface area (Å²) in [6.07, 6.45) is 0.646. The van der Waals surface area contributed by atoms with E-state index in [0.29, 0.717) is 13.0 Å². The highest BCUT2D eigenvalue weighted by molar-refractivity contribution is 6.07. The summed E-state index contributed by atoms with van der Waals surface area (Å²) in [5.74, 6) is 0.0377. The molecular weight excluding hydrogens is 348 g/mol. The molecule has 2 aliphatic rings. The standard InChI is InChI=1S/C24H22N2O2/c1-18-12-14-20(15-13-18)25-17-24(23(25)27)16-22(19-8-4-2-5-9-19)26(28-24)21-10-6-3-7-11-21/h2-15,22H,16-17H2,1H3. The summed E-state index contributed by atoms with van der Waals surface area (Å²) in [5.41, 5.74) is 3.45. The molecule has 2 fully saturated rings. The molecule has 4 nitrogen and oxygen atoms in total. The monoisotopic (exact) mass is 370 g/mol. The average Bonchev–Trinajstić information content (AvgIpc) is 3.17. The summed E-state index contributed by atoms with van der Waals surface area (Å²) < 4.78 is 0. The molecular formula is C24H22N2O2. The SMILES string of the molecule is Cc1ccc(N2CC3(CC(c4ccccc4)N(c4ccccc4)O3)C2=O)cc1. The Morgan fingerprint density at radius 1 is 0.857 bits per heavy atom. The molecule has 3 aromatic carbocycles. The molecule has 2 aliphatic heterocycles. The minimum atomic E-state index is -0.790. The van der Waals surface area contributed by atoms with Crippen molar-refractivity contribution in [3.05, 3.63) is 96.1 Å². The topological polar surface area (TPSA) is 32.8 Å². The quantitative estimate of drug-likeness (QED) is 0.629. The molecule has 0 bridgehead atoms. The lowest BCUT2D eigenvalue weighted by atomic mass is 9.84. The van der Waals surface area contributed by atoms with Crippen molar-refractivity contribution in [3.63, 3.8) is 0 Å². The lowest BCUT2D eigenvalue weighted by Crippen LogP contribution is -2.67. The molecule has 4 heteroatoms. The number of aryl methyl sites for hydroxylation is 1. The van der Waals surface area contributed by atoms with Crippen molar-refractivity contribution in [2.75, 3.05) is 16.5 Å². The van der Waals surface area contributed by atoms with E-state index in [9.17, 15) is 4.79 Å². The summed E-state index contributed by atoms with van der Waals surface area (Å²) in [6, 6.07) is 28.4. The van der Waals surface area contributed by atoms with Gasteiger partial charge in [-0.05, 0) is 36.8 Å². The Morgan fingerprint density at radius 2 is 1.50 bits per heavy atom. The largest absolute Gasteiger partial charge is 0.306 e. The maximum Gasteiger partial charge on any atom is 0.264 e. The van der Waals surface area contributed by atoms with Gasteiger partial charge in [-0.25, -0.2) is 5.06 Å². The van der Waals surface area contributed by atoms with Crippen LogP contribution in [-0.4, -0.2) is 18.1 Å². The van der Waals surface area contributed by atoms with Gasteiger partial charge in [0, 0.05) is 12.1 Å². The van der Waals surface area contributed by atoms with Crippen LogP contribution in [-0.2, 0) is 9.63 Å². The van der Waals surface area contributed by atoms with E-state index in [4.69, 9.17) is 4.84 Å². The molecule has 28 heavy (non-hydrogen) atoms. The molecule has 3 aromatic rings. The zero-order chi connectivity index (χ0) is 19.1. The molecule has 1 spiro atoms. The number of hydrogen-bond donors (Lipinski definition) is 0. The second-order valence-electron chi connectivity index (χ2n) is 7.60. The van der Waals surface area contributed by atoms with Gasteiger partial charge in [0.05, 0.1) is 18.3 Å². The second kappa shape index (κ2) is 6.50. The number of anilines is 2. The van der Waals surface area contributed by atoms with Crippen molar-refractivity contribution in [1.29, 1.82) is 0 Å². The third-order valence-electron chi connectivity index (χ3n) is 5.67. The van der Waals surface area contributed by atoms with Gasteiger partial charge in [-0.1, -0.05) is 66.2 Å². The number of hydrogen-bond acceptors (Lipinski definition) is 3. The lowest BCUT2D eigenvalue weighted by molar-refractivity contribution is -0.149. The fourth-order valence-electron chi connectivity index (χ4n) is 4.12.